The van der Waals surface area contributed by atoms with Gasteiger partial charge in [0.05, 0.1) is 12.2 Å². The van der Waals surface area contributed by atoms with Gasteiger partial charge in [-0.2, -0.15) is 0 Å². The third-order valence-electron chi connectivity index (χ3n) is 2.99. The van der Waals surface area contributed by atoms with Crippen molar-refractivity contribution in [1.82, 2.24) is 10.3 Å². The molecule has 21 heavy (non-hydrogen) atoms. The molecule has 5 heteroatoms. The highest BCUT2D eigenvalue weighted by Crippen LogP contribution is 2.14. The van der Waals surface area contributed by atoms with E-state index in [0.29, 0.717) is 17.8 Å². The van der Waals surface area contributed by atoms with Crippen LogP contribution >= 0.6 is 0 Å². The Kier molecular flexibility index (Phi) is 4.66. The second kappa shape index (κ2) is 6.65. The lowest BCUT2D eigenvalue weighted by molar-refractivity contribution is -0.119. The first-order valence-electron chi connectivity index (χ1n) is 6.62. The quantitative estimate of drug-likeness (QED) is 0.904. The molecule has 0 fully saturated rings. The van der Waals surface area contributed by atoms with Crippen LogP contribution in [-0.4, -0.2) is 16.8 Å². The molecule has 0 aliphatic rings. The molecule has 0 aliphatic heterocycles. The molecule has 0 spiro atoms. The van der Waals surface area contributed by atoms with E-state index >= 15 is 0 Å². The smallest absolute Gasteiger partial charge is 0.255 e. The summed E-state index contributed by atoms with van der Waals surface area (Å²) < 4.78 is 0. The molecule has 1 aromatic carbocycles. The van der Waals surface area contributed by atoms with Crippen LogP contribution in [0.4, 0.5) is 5.69 Å². The number of carbonyl (C=O) groups is 2. The minimum Gasteiger partial charge on any atom is -0.351 e. The van der Waals surface area contributed by atoms with Gasteiger partial charge in [0.1, 0.15) is 0 Å². The first-order chi connectivity index (χ1) is 10.1. The van der Waals surface area contributed by atoms with E-state index < -0.39 is 0 Å². The van der Waals surface area contributed by atoms with Crippen molar-refractivity contribution < 1.29 is 9.59 Å². The van der Waals surface area contributed by atoms with Gasteiger partial charge < -0.3 is 10.6 Å². The zero-order chi connectivity index (χ0) is 15.2. The van der Waals surface area contributed by atoms with E-state index in [-0.39, 0.29) is 11.8 Å². The van der Waals surface area contributed by atoms with Gasteiger partial charge in [-0.1, -0.05) is 18.2 Å². The van der Waals surface area contributed by atoms with Crippen LogP contribution in [0.15, 0.2) is 42.6 Å². The summed E-state index contributed by atoms with van der Waals surface area (Å²) in [6.07, 6.45) is 1.56. The number of para-hydroxylation sites is 1. The molecule has 0 atom stereocenters. The van der Waals surface area contributed by atoms with Crippen molar-refractivity contribution >= 4 is 17.5 Å². The van der Waals surface area contributed by atoms with E-state index in [1.54, 1.807) is 18.3 Å². The molecule has 0 saturated heterocycles. The maximum absolute atomic E-state index is 12.2. The molecular formula is C16H17N3O2. The first-order valence-corrected chi connectivity index (χ1v) is 6.62. The van der Waals surface area contributed by atoms with Crippen molar-refractivity contribution in [3.63, 3.8) is 0 Å². The number of amides is 2. The van der Waals surface area contributed by atoms with Crippen LogP contribution in [0.25, 0.3) is 0 Å². The molecule has 2 N–H and O–H groups in total. The average Bonchev–Trinajstić information content (AvgIpc) is 2.48. The van der Waals surface area contributed by atoms with Gasteiger partial charge in [-0.15, -0.1) is 0 Å². The summed E-state index contributed by atoms with van der Waals surface area (Å²) >= 11 is 0. The summed E-state index contributed by atoms with van der Waals surface area (Å²) in [7, 11) is 0. The summed E-state index contributed by atoms with van der Waals surface area (Å²) in [6, 6.07) is 10.9. The van der Waals surface area contributed by atoms with E-state index in [1.807, 2.05) is 31.2 Å². The Hall–Kier alpha value is -2.69. The number of nitrogens with one attached hydrogen (secondary N) is 2. The molecular weight excluding hydrogens is 266 g/mol. The number of pyridine rings is 1. The Labute approximate surface area is 123 Å². The summed E-state index contributed by atoms with van der Waals surface area (Å²) in [5.41, 5.74) is 2.93. The summed E-state index contributed by atoms with van der Waals surface area (Å²) in [5.74, 6) is -0.331. The monoisotopic (exact) mass is 283 g/mol. The van der Waals surface area contributed by atoms with Gasteiger partial charge in [0, 0.05) is 24.4 Å². The highest BCUT2D eigenvalue weighted by atomic mass is 16.2. The Morgan fingerprint density at radius 2 is 1.95 bits per heavy atom. The SMILES string of the molecule is CC(=O)NCc1cc(C(=O)Nc2ccccc2C)ccn1. The van der Waals surface area contributed by atoms with Crippen LogP contribution in [0.3, 0.4) is 0 Å². The van der Waals surface area contributed by atoms with Crippen LogP contribution in [0.1, 0.15) is 28.5 Å². The van der Waals surface area contributed by atoms with Crippen molar-refractivity contribution in [3.8, 4) is 0 Å². The minimum absolute atomic E-state index is 0.133. The Morgan fingerprint density at radius 3 is 2.67 bits per heavy atom. The van der Waals surface area contributed by atoms with Crippen molar-refractivity contribution in [1.29, 1.82) is 0 Å². The second-order valence-corrected chi connectivity index (χ2v) is 4.71. The zero-order valence-corrected chi connectivity index (χ0v) is 12.0. The third-order valence-corrected chi connectivity index (χ3v) is 2.99. The maximum atomic E-state index is 12.2. The molecule has 5 nitrogen and oxygen atoms in total. The van der Waals surface area contributed by atoms with Crippen LogP contribution in [0, 0.1) is 6.92 Å². The molecule has 0 unspecified atom stereocenters. The van der Waals surface area contributed by atoms with Gasteiger partial charge in [0.25, 0.3) is 5.91 Å². The largest absolute Gasteiger partial charge is 0.351 e. The van der Waals surface area contributed by atoms with E-state index in [4.69, 9.17) is 0 Å². The number of hydrogen-bond acceptors (Lipinski definition) is 3. The van der Waals surface area contributed by atoms with Crippen LogP contribution in [0.2, 0.25) is 0 Å². The number of nitrogens with zero attached hydrogens (tertiary/aromatic N) is 1. The standard InChI is InChI=1S/C16H17N3O2/c1-11-5-3-4-6-15(11)19-16(21)13-7-8-17-14(9-13)10-18-12(2)20/h3-9H,10H2,1-2H3,(H,18,20)(H,19,21). The average molecular weight is 283 g/mol. The van der Waals surface area contributed by atoms with Gasteiger partial charge in [-0.3, -0.25) is 14.6 Å². The fourth-order valence-corrected chi connectivity index (χ4v) is 1.84. The molecule has 1 aromatic heterocycles. The molecule has 108 valence electrons. The number of aryl methyl sites for hydroxylation is 1. The van der Waals surface area contributed by atoms with E-state index in [2.05, 4.69) is 15.6 Å². The maximum Gasteiger partial charge on any atom is 0.255 e. The Morgan fingerprint density at radius 1 is 1.19 bits per heavy atom. The highest BCUT2D eigenvalue weighted by molar-refractivity contribution is 6.04. The zero-order valence-electron chi connectivity index (χ0n) is 12.0. The van der Waals surface area contributed by atoms with Crippen molar-refractivity contribution in [2.24, 2.45) is 0 Å². The van der Waals surface area contributed by atoms with E-state index in [9.17, 15) is 9.59 Å². The van der Waals surface area contributed by atoms with Gasteiger partial charge in [0.15, 0.2) is 0 Å². The van der Waals surface area contributed by atoms with Crippen LogP contribution in [0.5, 0.6) is 0 Å². The number of rotatable bonds is 4. The minimum atomic E-state index is -0.198. The molecule has 0 radical (unpaired) electrons. The fourth-order valence-electron chi connectivity index (χ4n) is 1.84. The number of hydrogen-bond donors (Lipinski definition) is 2. The van der Waals surface area contributed by atoms with Crippen molar-refractivity contribution in [2.45, 2.75) is 20.4 Å². The summed E-state index contributed by atoms with van der Waals surface area (Å²) in [5, 5.41) is 5.52. The lowest BCUT2D eigenvalue weighted by Crippen LogP contribution is -2.20. The molecule has 0 saturated carbocycles. The topological polar surface area (TPSA) is 71.1 Å². The second-order valence-electron chi connectivity index (χ2n) is 4.71. The lowest BCUT2D eigenvalue weighted by atomic mass is 10.1. The van der Waals surface area contributed by atoms with E-state index in [1.165, 1.54) is 6.92 Å². The predicted octanol–water partition coefficient (Wildman–Crippen LogP) is 2.28. The van der Waals surface area contributed by atoms with Crippen LogP contribution in [-0.2, 0) is 11.3 Å². The van der Waals surface area contributed by atoms with Gasteiger partial charge in [0.2, 0.25) is 5.91 Å². The van der Waals surface area contributed by atoms with Gasteiger partial charge in [-0.05, 0) is 30.7 Å². The number of anilines is 1. The Bertz CT molecular complexity index is 668. The van der Waals surface area contributed by atoms with Crippen molar-refractivity contribution in [3.05, 3.63) is 59.4 Å². The molecule has 0 aliphatic carbocycles. The normalized spacial score (nSPS) is 10.0. The van der Waals surface area contributed by atoms with E-state index in [0.717, 1.165) is 11.3 Å². The van der Waals surface area contributed by atoms with Gasteiger partial charge in [-0.25, -0.2) is 0 Å². The van der Waals surface area contributed by atoms with Crippen molar-refractivity contribution in [2.75, 3.05) is 5.32 Å². The van der Waals surface area contributed by atoms with Gasteiger partial charge >= 0.3 is 0 Å². The molecule has 2 aromatic rings. The first kappa shape index (κ1) is 14.7. The number of carbonyl (C=O) groups excluding carboxylic acids is 2. The highest BCUT2D eigenvalue weighted by Gasteiger charge is 2.08. The molecule has 1 heterocycles. The van der Waals surface area contributed by atoms with Crippen LogP contribution < -0.4 is 10.6 Å². The fraction of sp³-hybridized carbons (Fsp3) is 0.188. The third kappa shape index (κ3) is 4.14. The number of aromatic nitrogens is 1. The molecule has 2 amide bonds. The summed E-state index contributed by atoms with van der Waals surface area (Å²) in [6.45, 7) is 3.68. The summed E-state index contributed by atoms with van der Waals surface area (Å²) in [4.78, 5) is 27.3. The predicted molar refractivity (Wildman–Crippen MR) is 80.9 cm³/mol. The molecule has 0 bridgehead atoms. The molecule has 2 rings (SSSR count). The Balaban J connectivity index is 2.11. The number of benzene rings is 1. The lowest BCUT2D eigenvalue weighted by Gasteiger charge is -2.09.